The molecule has 1 heterocycles. The van der Waals surface area contributed by atoms with Crippen LogP contribution < -0.4 is 10.5 Å². The molecule has 1 atom stereocenters. The molecule has 0 amide bonds. The molecule has 0 fully saturated rings. The van der Waals surface area contributed by atoms with Crippen molar-refractivity contribution in [3.63, 3.8) is 0 Å². The van der Waals surface area contributed by atoms with Crippen molar-refractivity contribution in [2.75, 3.05) is 0 Å². The van der Waals surface area contributed by atoms with Crippen molar-refractivity contribution in [3.8, 4) is 0 Å². The summed E-state index contributed by atoms with van der Waals surface area (Å²) in [6.07, 6.45) is 0.826. The van der Waals surface area contributed by atoms with Crippen LogP contribution in [0.2, 0.25) is 0 Å². The molecule has 1 aromatic rings. The molecule has 0 bridgehead atoms. The van der Waals surface area contributed by atoms with Gasteiger partial charge in [0.25, 0.3) is 0 Å². The zero-order valence-corrected chi connectivity index (χ0v) is 13.0. The average molecular weight is 290 g/mol. The number of thiophene rings is 1. The minimum absolute atomic E-state index is 0.0596. The van der Waals surface area contributed by atoms with Crippen LogP contribution in [0.5, 0.6) is 0 Å². The van der Waals surface area contributed by atoms with Crippen molar-refractivity contribution >= 4 is 21.4 Å². The smallest absolute Gasteiger partial charge is 0.241 e. The number of rotatable bonds is 6. The van der Waals surface area contributed by atoms with Crippen molar-refractivity contribution in [3.05, 3.63) is 15.8 Å². The molecule has 0 aliphatic carbocycles. The lowest BCUT2D eigenvalue weighted by molar-refractivity contribution is 0.482. The summed E-state index contributed by atoms with van der Waals surface area (Å²) in [7, 11) is -3.42. The minimum Gasteiger partial charge on any atom is -0.326 e. The Bertz CT molecular complexity index is 492. The van der Waals surface area contributed by atoms with Crippen LogP contribution in [0, 0.1) is 12.8 Å². The van der Waals surface area contributed by atoms with Gasteiger partial charge in [-0.25, -0.2) is 13.1 Å². The van der Waals surface area contributed by atoms with Crippen LogP contribution in [0.3, 0.4) is 0 Å². The molecule has 0 radical (unpaired) electrons. The largest absolute Gasteiger partial charge is 0.326 e. The molecule has 1 aromatic heterocycles. The van der Waals surface area contributed by atoms with E-state index in [2.05, 4.69) is 18.6 Å². The molecule has 4 nitrogen and oxygen atoms in total. The summed E-state index contributed by atoms with van der Waals surface area (Å²) in [5.74, 6) is 0.464. The molecule has 0 aliphatic rings. The molecule has 0 saturated heterocycles. The second kappa shape index (κ2) is 6.14. The predicted octanol–water partition coefficient (Wildman–Crippen LogP) is 2.23. The fourth-order valence-corrected chi connectivity index (χ4v) is 4.75. The molecule has 1 rings (SSSR count). The fourth-order valence-electron chi connectivity index (χ4n) is 1.98. The molecule has 18 heavy (non-hydrogen) atoms. The number of nitrogens with two attached hydrogens (primary N) is 1. The zero-order valence-electron chi connectivity index (χ0n) is 11.4. The minimum atomic E-state index is -3.42. The maximum atomic E-state index is 12.2. The van der Waals surface area contributed by atoms with E-state index in [1.165, 1.54) is 11.3 Å². The fraction of sp³-hybridized carbons (Fsp3) is 0.667. The first kappa shape index (κ1) is 15.6. The Hall–Kier alpha value is -0.430. The van der Waals surface area contributed by atoms with Crippen molar-refractivity contribution in [2.24, 2.45) is 11.7 Å². The second-order valence-corrected chi connectivity index (χ2v) is 8.01. The van der Waals surface area contributed by atoms with E-state index in [1.807, 2.05) is 13.8 Å². The number of hydrogen-bond donors (Lipinski definition) is 2. The summed E-state index contributed by atoms with van der Waals surface area (Å²) in [5.41, 5.74) is 5.54. The molecular formula is C12H22N2O2S2. The van der Waals surface area contributed by atoms with Gasteiger partial charge in [0.15, 0.2) is 0 Å². The molecule has 0 aromatic carbocycles. The molecule has 6 heteroatoms. The number of nitrogens with one attached hydrogen (secondary N) is 1. The van der Waals surface area contributed by atoms with Crippen LogP contribution in [-0.2, 0) is 16.6 Å². The molecule has 0 saturated carbocycles. The highest BCUT2D eigenvalue weighted by Gasteiger charge is 2.22. The maximum Gasteiger partial charge on any atom is 0.241 e. The average Bonchev–Trinajstić information content (AvgIpc) is 2.58. The summed E-state index contributed by atoms with van der Waals surface area (Å²) in [6.45, 7) is 8.23. The maximum absolute atomic E-state index is 12.2. The van der Waals surface area contributed by atoms with Gasteiger partial charge in [0.2, 0.25) is 10.0 Å². The Morgan fingerprint density at radius 3 is 2.44 bits per heavy atom. The van der Waals surface area contributed by atoms with Gasteiger partial charge in [-0.3, -0.25) is 0 Å². The third kappa shape index (κ3) is 4.05. The molecule has 0 aliphatic heterocycles. The molecule has 3 N–H and O–H groups in total. The van der Waals surface area contributed by atoms with Crippen LogP contribution in [0.4, 0.5) is 0 Å². The highest BCUT2D eigenvalue weighted by Crippen LogP contribution is 2.25. The third-order valence-electron chi connectivity index (χ3n) is 2.60. The van der Waals surface area contributed by atoms with Crippen LogP contribution in [0.15, 0.2) is 11.0 Å². The van der Waals surface area contributed by atoms with Crippen molar-refractivity contribution in [2.45, 2.75) is 51.6 Å². The lowest BCUT2D eigenvalue weighted by atomic mass is 10.1. The molecular weight excluding hydrogens is 268 g/mol. The predicted molar refractivity (Wildman–Crippen MR) is 76.2 cm³/mol. The highest BCUT2D eigenvalue weighted by molar-refractivity contribution is 7.89. The highest BCUT2D eigenvalue weighted by atomic mass is 32.2. The van der Waals surface area contributed by atoms with E-state index in [9.17, 15) is 8.42 Å². The van der Waals surface area contributed by atoms with Gasteiger partial charge in [0.1, 0.15) is 0 Å². The molecule has 104 valence electrons. The van der Waals surface area contributed by atoms with Crippen molar-refractivity contribution < 1.29 is 8.42 Å². The van der Waals surface area contributed by atoms with E-state index in [4.69, 9.17) is 5.73 Å². The molecule has 0 spiro atoms. The Kier molecular flexibility index (Phi) is 5.33. The summed E-state index contributed by atoms with van der Waals surface area (Å²) in [5, 5.41) is 0. The first-order valence-corrected chi connectivity index (χ1v) is 8.38. The summed E-state index contributed by atoms with van der Waals surface area (Å²) >= 11 is 1.44. The Morgan fingerprint density at radius 1 is 1.39 bits per heavy atom. The van der Waals surface area contributed by atoms with Crippen molar-refractivity contribution in [1.82, 2.24) is 4.72 Å². The van der Waals surface area contributed by atoms with E-state index in [1.54, 1.807) is 6.07 Å². The van der Waals surface area contributed by atoms with Gasteiger partial charge < -0.3 is 5.73 Å². The summed E-state index contributed by atoms with van der Waals surface area (Å²) in [4.78, 5) is 2.05. The number of sulfonamides is 1. The van der Waals surface area contributed by atoms with Gasteiger partial charge in [-0.05, 0) is 32.3 Å². The van der Waals surface area contributed by atoms with Gasteiger partial charge in [-0.15, -0.1) is 11.3 Å². The van der Waals surface area contributed by atoms with Crippen LogP contribution >= 0.6 is 11.3 Å². The Balaban J connectivity index is 2.89. The van der Waals surface area contributed by atoms with E-state index in [0.717, 1.165) is 16.2 Å². The monoisotopic (exact) mass is 290 g/mol. The van der Waals surface area contributed by atoms with Crippen molar-refractivity contribution in [1.29, 1.82) is 0 Å². The number of aryl methyl sites for hydroxylation is 1. The summed E-state index contributed by atoms with van der Waals surface area (Å²) in [6, 6.07) is 1.61. The lowest BCUT2D eigenvalue weighted by Gasteiger charge is -2.15. The first-order chi connectivity index (χ1) is 8.26. The normalized spacial score (nSPS) is 14.1. The zero-order chi connectivity index (χ0) is 13.9. The van der Waals surface area contributed by atoms with E-state index in [0.29, 0.717) is 17.4 Å². The first-order valence-electron chi connectivity index (χ1n) is 6.08. The van der Waals surface area contributed by atoms with Gasteiger partial charge in [0.05, 0.1) is 4.90 Å². The SMILES string of the molecule is Cc1sc(CN)cc1S(=O)(=O)NC(C)CC(C)C. The van der Waals surface area contributed by atoms with Gasteiger partial charge >= 0.3 is 0 Å². The van der Waals surface area contributed by atoms with E-state index in [-0.39, 0.29) is 6.04 Å². The quantitative estimate of drug-likeness (QED) is 0.844. The van der Waals surface area contributed by atoms with Crippen LogP contribution in [0.25, 0.3) is 0 Å². The van der Waals surface area contributed by atoms with Crippen LogP contribution in [0.1, 0.15) is 36.9 Å². The van der Waals surface area contributed by atoms with Gasteiger partial charge in [0, 0.05) is 22.3 Å². The van der Waals surface area contributed by atoms with Gasteiger partial charge in [-0.1, -0.05) is 13.8 Å². The lowest BCUT2D eigenvalue weighted by Crippen LogP contribution is -2.33. The third-order valence-corrected chi connectivity index (χ3v) is 5.51. The number of hydrogen-bond acceptors (Lipinski definition) is 4. The van der Waals surface area contributed by atoms with E-state index < -0.39 is 10.0 Å². The van der Waals surface area contributed by atoms with Gasteiger partial charge in [-0.2, -0.15) is 0 Å². The molecule has 1 unspecified atom stereocenters. The Labute approximate surface area is 114 Å². The van der Waals surface area contributed by atoms with Crippen LogP contribution in [-0.4, -0.2) is 14.5 Å². The standard InChI is InChI=1S/C12H22N2O2S2/c1-8(2)5-9(3)14-18(15,16)12-6-11(7-13)17-10(12)4/h6,8-9,14H,5,7,13H2,1-4H3. The van der Waals surface area contributed by atoms with E-state index >= 15 is 0 Å². The Morgan fingerprint density at radius 2 is 2.00 bits per heavy atom. The summed E-state index contributed by atoms with van der Waals surface area (Å²) < 4.78 is 27.2. The topological polar surface area (TPSA) is 72.2 Å². The second-order valence-electron chi connectivity index (χ2n) is 4.99.